The molecule has 134 valence electrons. The van der Waals surface area contributed by atoms with Gasteiger partial charge in [-0.05, 0) is 43.9 Å². The van der Waals surface area contributed by atoms with Crippen molar-refractivity contribution in [3.8, 4) is 0 Å². The SMILES string of the molecule is CC(CCCCCCC1CS1)(CCCC1CS1)CCCC1CS1. The van der Waals surface area contributed by atoms with E-state index < -0.39 is 0 Å². The van der Waals surface area contributed by atoms with Crippen LogP contribution in [-0.2, 0) is 0 Å². The molecule has 0 amide bonds. The molecule has 3 heteroatoms. The number of hydrogen-bond donors (Lipinski definition) is 0. The first kappa shape index (κ1) is 18.8. The monoisotopic (exact) mass is 372 g/mol. The van der Waals surface area contributed by atoms with Gasteiger partial charge in [0.25, 0.3) is 0 Å². The van der Waals surface area contributed by atoms with E-state index in [0.29, 0.717) is 5.41 Å². The first-order chi connectivity index (χ1) is 11.2. The summed E-state index contributed by atoms with van der Waals surface area (Å²) in [6.07, 6.45) is 17.9. The van der Waals surface area contributed by atoms with Crippen molar-refractivity contribution in [2.24, 2.45) is 5.41 Å². The fourth-order valence-corrected chi connectivity index (χ4v) is 5.78. The number of unbranched alkanes of at least 4 members (excludes halogenated alkanes) is 3. The fourth-order valence-electron chi connectivity index (χ4n) is 3.87. The topological polar surface area (TPSA) is 0 Å². The van der Waals surface area contributed by atoms with Crippen LogP contribution in [0.1, 0.15) is 84.0 Å². The Hall–Kier alpha value is 1.05. The smallest absolute Gasteiger partial charge is 0.0138 e. The van der Waals surface area contributed by atoms with Crippen LogP contribution in [0.5, 0.6) is 0 Å². The largest absolute Gasteiger partial charge is 0.157 e. The second-order valence-electron chi connectivity index (χ2n) is 8.41. The molecule has 3 heterocycles. The predicted molar refractivity (Wildman–Crippen MR) is 112 cm³/mol. The maximum Gasteiger partial charge on any atom is 0.0138 e. The standard InChI is InChI=1S/C20H36S3/c1-20(12-6-9-18-15-22-18,13-7-10-19-16-23-19)11-5-3-2-4-8-17-14-21-17/h17-19H,2-16H2,1H3. The minimum Gasteiger partial charge on any atom is -0.157 e. The van der Waals surface area contributed by atoms with Crippen molar-refractivity contribution >= 4 is 35.3 Å². The first-order valence-electron chi connectivity index (χ1n) is 10.1. The Bertz CT molecular complexity index is 314. The van der Waals surface area contributed by atoms with Crippen LogP contribution in [0.3, 0.4) is 0 Å². The van der Waals surface area contributed by atoms with Gasteiger partial charge >= 0.3 is 0 Å². The summed E-state index contributed by atoms with van der Waals surface area (Å²) < 4.78 is 0. The summed E-state index contributed by atoms with van der Waals surface area (Å²) in [4.78, 5) is 0. The van der Waals surface area contributed by atoms with Crippen LogP contribution in [0, 0.1) is 5.41 Å². The Labute approximate surface area is 157 Å². The Kier molecular flexibility index (Phi) is 7.91. The highest BCUT2D eigenvalue weighted by Gasteiger charge is 2.28. The summed E-state index contributed by atoms with van der Waals surface area (Å²) in [5, 5.41) is 3.14. The van der Waals surface area contributed by atoms with Gasteiger partial charge in [-0.1, -0.05) is 45.4 Å². The molecule has 3 aliphatic rings. The molecule has 0 nitrogen and oxygen atoms in total. The van der Waals surface area contributed by atoms with Crippen LogP contribution in [0.15, 0.2) is 0 Å². The van der Waals surface area contributed by atoms with Gasteiger partial charge in [-0.15, -0.1) is 0 Å². The zero-order valence-electron chi connectivity index (χ0n) is 15.1. The average Bonchev–Trinajstić information content (AvgIpc) is 3.36. The van der Waals surface area contributed by atoms with E-state index in [1.54, 1.807) is 0 Å². The zero-order valence-corrected chi connectivity index (χ0v) is 17.5. The lowest BCUT2D eigenvalue weighted by Crippen LogP contribution is -2.17. The number of thioether (sulfide) groups is 3. The summed E-state index contributed by atoms with van der Waals surface area (Å²) in [7, 11) is 0. The van der Waals surface area contributed by atoms with Gasteiger partial charge in [-0.25, -0.2) is 0 Å². The van der Waals surface area contributed by atoms with Gasteiger partial charge in [0.05, 0.1) is 0 Å². The first-order valence-corrected chi connectivity index (χ1v) is 13.2. The third-order valence-electron chi connectivity index (χ3n) is 5.88. The van der Waals surface area contributed by atoms with Gasteiger partial charge in [-0.2, -0.15) is 35.3 Å². The molecule has 3 atom stereocenters. The van der Waals surface area contributed by atoms with Crippen LogP contribution in [0.2, 0.25) is 0 Å². The lowest BCUT2D eigenvalue weighted by molar-refractivity contribution is 0.225. The molecule has 3 rings (SSSR count). The molecule has 3 aliphatic heterocycles. The Morgan fingerprint density at radius 3 is 1.48 bits per heavy atom. The van der Waals surface area contributed by atoms with E-state index in [9.17, 15) is 0 Å². The second-order valence-corrected chi connectivity index (χ2v) is 12.4. The van der Waals surface area contributed by atoms with Crippen LogP contribution in [-0.4, -0.2) is 33.0 Å². The normalized spacial score (nSPS) is 30.9. The molecule has 0 saturated carbocycles. The van der Waals surface area contributed by atoms with E-state index >= 15 is 0 Å². The van der Waals surface area contributed by atoms with Gasteiger partial charge in [0.15, 0.2) is 0 Å². The summed E-state index contributed by atoms with van der Waals surface area (Å²) in [6.45, 7) is 2.62. The summed E-state index contributed by atoms with van der Waals surface area (Å²) >= 11 is 6.52. The molecular formula is C20H36S3. The summed E-state index contributed by atoms with van der Waals surface area (Å²) in [5.74, 6) is 4.36. The minimum absolute atomic E-state index is 0.658. The quantitative estimate of drug-likeness (QED) is 0.224. The van der Waals surface area contributed by atoms with E-state index in [0.717, 1.165) is 15.7 Å². The van der Waals surface area contributed by atoms with Gasteiger partial charge in [0, 0.05) is 33.0 Å². The molecular weight excluding hydrogens is 336 g/mol. The molecule has 0 N–H and O–H groups in total. The molecule has 0 aromatic carbocycles. The van der Waals surface area contributed by atoms with Gasteiger partial charge < -0.3 is 0 Å². The van der Waals surface area contributed by atoms with Gasteiger partial charge in [0.1, 0.15) is 0 Å². The Morgan fingerprint density at radius 1 is 0.609 bits per heavy atom. The van der Waals surface area contributed by atoms with E-state index in [1.165, 1.54) is 94.3 Å². The minimum atomic E-state index is 0.658. The van der Waals surface area contributed by atoms with Crippen LogP contribution in [0.4, 0.5) is 0 Å². The molecule has 3 unspecified atom stereocenters. The third kappa shape index (κ3) is 8.81. The molecule has 0 aromatic rings. The van der Waals surface area contributed by atoms with Crippen LogP contribution >= 0.6 is 35.3 Å². The maximum atomic E-state index is 2.62. The Balaban J connectivity index is 1.27. The van der Waals surface area contributed by atoms with Crippen molar-refractivity contribution in [2.75, 3.05) is 17.3 Å². The van der Waals surface area contributed by atoms with Crippen LogP contribution < -0.4 is 0 Å². The van der Waals surface area contributed by atoms with Crippen molar-refractivity contribution in [3.63, 3.8) is 0 Å². The Morgan fingerprint density at radius 2 is 1.00 bits per heavy atom. The zero-order chi connectivity index (χ0) is 16.0. The predicted octanol–water partition coefficient (Wildman–Crippen LogP) is 7.02. The summed E-state index contributed by atoms with van der Waals surface area (Å²) in [5.41, 5.74) is 0.658. The van der Waals surface area contributed by atoms with Crippen molar-refractivity contribution < 1.29 is 0 Å². The summed E-state index contributed by atoms with van der Waals surface area (Å²) in [6, 6.07) is 0. The molecule has 23 heavy (non-hydrogen) atoms. The van der Waals surface area contributed by atoms with Gasteiger partial charge in [0.2, 0.25) is 0 Å². The number of rotatable bonds is 15. The van der Waals surface area contributed by atoms with Crippen molar-refractivity contribution in [3.05, 3.63) is 0 Å². The van der Waals surface area contributed by atoms with Crippen molar-refractivity contribution in [1.29, 1.82) is 0 Å². The highest BCUT2D eigenvalue weighted by Crippen LogP contribution is 2.42. The highest BCUT2D eigenvalue weighted by atomic mass is 32.2. The average molecular weight is 373 g/mol. The second kappa shape index (κ2) is 9.67. The molecule has 0 aliphatic carbocycles. The van der Waals surface area contributed by atoms with E-state index in [-0.39, 0.29) is 0 Å². The van der Waals surface area contributed by atoms with Crippen molar-refractivity contribution in [1.82, 2.24) is 0 Å². The maximum absolute atomic E-state index is 2.62. The third-order valence-corrected chi connectivity index (χ3v) is 9.00. The molecule has 3 saturated heterocycles. The van der Waals surface area contributed by atoms with Crippen molar-refractivity contribution in [2.45, 2.75) is 99.7 Å². The lowest BCUT2D eigenvalue weighted by atomic mass is 9.76. The van der Waals surface area contributed by atoms with E-state index in [1.807, 2.05) is 0 Å². The lowest BCUT2D eigenvalue weighted by Gasteiger charge is -2.30. The fraction of sp³-hybridized carbons (Fsp3) is 1.00. The van der Waals surface area contributed by atoms with Gasteiger partial charge in [-0.3, -0.25) is 0 Å². The molecule has 3 fully saturated rings. The van der Waals surface area contributed by atoms with Crippen LogP contribution in [0.25, 0.3) is 0 Å². The highest BCUT2D eigenvalue weighted by molar-refractivity contribution is 8.07. The number of hydrogen-bond acceptors (Lipinski definition) is 3. The van der Waals surface area contributed by atoms with E-state index in [4.69, 9.17) is 0 Å². The van der Waals surface area contributed by atoms with E-state index in [2.05, 4.69) is 42.2 Å². The molecule has 0 spiro atoms. The molecule has 0 bridgehead atoms. The molecule has 0 radical (unpaired) electrons. The molecule has 0 aromatic heterocycles.